The Morgan fingerprint density at radius 1 is 1.44 bits per heavy atom. The van der Waals surface area contributed by atoms with Crippen molar-refractivity contribution in [3.05, 3.63) is 17.8 Å². The Labute approximate surface area is 96.2 Å². The Bertz CT molecular complexity index is 343. The molecule has 0 saturated heterocycles. The molecule has 1 aliphatic rings. The highest BCUT2D eigenvalue weighted by atomic mass is 16.5. The van der Waals surface area contributed by atoms with Crippen LogP contribution in [0.5, 0.6) is 5.88 Å². The lowest BCUT2D eigenvalue weighted by Crippen LogP contribution is -2.23. The monoisotopic (exact) mass is 221 g/mol. The summed E-state index contributed by atoms with van der Waals surface area (Å²) in [4.78, 5) is 0. The number of nitrogens with zero attached hydrogens (tertiary/aromatic N) is 2. The van der Waals surface area contributed by atoms with Gasteiger partial charge in [-0.3, -0.25) is 0 Å². The second-order valence-corrected chi connectivity index (χ2v) is 4.57. The van der Waals surface area contributed by atoms with Gasteiger partial charge in [0.1, 0.15) is 0 Å². The Morgan fingerprint density at radius 2 is 2.25 bits per heavy atom. The Balaban J connectivity index is 1.87. The molecule has 2 N–H and O–H groups in total. The summed E-state index contributed by atoms with van der Waals surface area (Å²) in [6, 6.07) is 1.92. The van der Waals surface area contributed by atoms with Crippen molar-refractivity contribution in [1.29, 1.82) is 0 Å². The molecular formula is C12H19N3O. The average Bonchev–Trinajstić information content (AvgIpc) is 2.74. The van der Waals surface area contributed by atoms with Gasteiger partial charge in [0.2, 0.25) is 5.88 Å². The van der Waals surface area contributed by atoms with Crippen molar-refractivity contribution in [3.8, 4) is 5.88 Å². The number of nitrogens with two attached hydrogens (primary N) is 1. The van der Waals surface area contributed by atoms with E-state index < -0.39 is 0 Å². The van der Waals surface area contributed by atoms with Crippen LogP contribution in [0.1, 0.15) is 24.8 Å². The second kappa shape index (κ2) is 5.25. The van der Waals surface area contributed by atoms with Crippen LogP contribution in [0.2, 0.25) is 0 Å². The highest BCUT2D eigenvalue weighted by Crippen LogP contribution is 2.31. The van der Waals surface area contributed by atoms with E-state index in [-0.39, 0.29) is 0 Å². The van der Waals surface area contributed by atoms with Gasteiger partial charge in [-0.1, -0.05) is 6.42 Å². The Morgan fingerprint density at radius 3 is 3.00 bits per heavy atom. The molecule has 1 fully saturated rings. The topological polar surface area (TPSA) is 61.0 Å². The SMILES string of the molecule is Cc1cnnc(OCC2CCCC2CN)c1. The van der Waals surface area contributed by atoms with Crippen LogP contribution in [0.25, 0.3) is 0 Å². The molecule has 0 radical (unpaired) electrons. The van der Waals surface area contributed by atoms with Crippen LogP contribution in [-0.4, -0.2) is 23.3 Å². The zero-order chi connectivity index (χ0) is 11.4. The second-order valence-electron chi connectivity index (χ2n) is 4.57. The lowest BCUT2D eigenvalue weighted by molar-refractivity contribution is 0.208. The van der Waals surface area contributed by atoms with Gasteiger partial charge >= 0.3 is 0 Å². The third-order valence-corrected chi connectivity index (χ3v) is 3.33. The van der Waals surface area contributed by atoms with Crippen molar-refractivity contribution in [2.24, 2.45) is 17.6 Å². The summed E-state index contributed by atoms with van der Waals surface area (Å²) in [6.07, 6.45) is 5.46. The van der Waals surface area contributed by atoms with Crippen LogP contribution in [0.4, 0.5) is 0 Å². The van der Waals surface area contributed by atoms with Crippen molar-refractivity contribution in [1.82, 2.24) is 10.2 Å². The molecule has 2 rings (SSSR count). The highest BCUT2D eigenvalue weighted by molar-refractivity contribution is 5.14. The lowest BCUT2D eigenvalue weighted by Gasteiger charge is -2.17. The van der Waals surface area contributed by atoms with E-state index in [4.69, 9.17) is 10.5 Å². The summed E-state index contributed by atoms with van der Waals surface area (Å²) < 4.78 is 5.67. The predicted molar refractivity (Wildman–Crippen MR) is 62.1 cm³/mol. The molecule has 88 valence electrons. The average molecular weight is 221 g/mol. The van der Waals surface area contributed by atoms with Crippen LogP contribution >= 0.6 is 0 Å². The van der Waals surface area contributed by atoms with E-state index in [2.05, 4.69) is 10.2 Å². The number of aromatic nitrogens is 2. The van der Waals surface area contributed by atoms with E-state index in [1.807, 2.05) is 13.0 Å². The number of ether oxygens (including phenoxy) is 1. The molecule has 0 aromatic carbocycles. The van der Waals surface area contributed by atoms with Gasteiger partial charge in [-0.05, 0) is 43.7 Å². The van der Waals surface area contributed by atoms with Gasteiger partial charge in [0.05, 0.1) is 12.8 Å². The van der Waals surface area contributed by atoms with E-state index in [1.165, 1.54) is 19.3 Å². The van der Waals surface area contributed by atoms with E-state index in [0.29, 0.717) is 17.7 Å². The first-order valence-electron chi connectivity index (χ1n) is 5.92. The first kappa shape index (κ1) is 11.3. The van der Waals surface area contributed by atoms with Crippen molar-refractivity contribution in [3.63, 3.8) is 0 Å². The molecule has 0 amide bonds. The number of rotatable bonds is 4. The Hall–Kier alpha value is -1.16. The minimum Gasteiger partial charge on any atom is -0.476 e. The molecule has 1 aliphatic carbocycles. The quantitative estimate of drug-likeness (QED) is 0.837. The molecule has 1 heterocycles. The molecule has 1 aromatic heterocycles. The van der Waals surface area contributed by atoms with Gasteiger partial charge in [0.15, 0.2) is 0 Å². The number of hydrogen-bond acceptors (Lipinski definition) is 4. The van der Waals surface area contributed by atoms with E-state index in [1.54, 1.807) is 6.20 Å². The zero-order valence-corrected chi connectivity index (χ0v) is 9.72. The molecule has 1 saturated carbocycles. The maximum Gasteiger partial charge on any atom is 0.233 e. The fourth-order valence-corrected chi connectivity index (χ4v) is 2.34. The third kappa shape index (κ3) is 2.70. The molecule has 4 nitrogen and oxygen atoms in total. The van der Waals surface area contributed by atoms with E-state index >= 15 is 0 Å². The summed E-state index contributed by atoms with van der Waals surface area (Å²) in [5, 5.41) is 7.82. The van der Waals surface area contributed by atoms with Crippen LogP contribution in [-0.2, 0) is 0 Å². The van der Waals surface area contributed by atoms with Gasteiger partial charge in [0.25, 0.3) is 0 Å². The molecule has 4 heteroatoms. The van der Waals surface area contributed by atoms with E-state index in [0.717, 1.165) is 18.7 Å². The molecule has 0 spiro atoms. The highest BCUT2D eigenvalue weighted by Gasteiger charge is 2.26. The van der Waals surface area contributed by atoms with Crippen molar-refractivity contribution < 1.29 is 4.74 Å². The summed E-state index contributed by atoms with van der Waals surface area (Å²) in [5.41, 5.74) is 6.81. The lowest BCUT2D eigenvalue weighted by atomic mass is 9.97. The van der Waals surface area contributed by atoms with Crippen LogP contribution in [0, 0.1) is 18.8 Å². The largest absolute Gasteiger partial charge is 0.476 e. The zero-order valence-electron chi connectivity index (χ0n) is 9.72. The van der Waals surface area contributed by atoms with Gasteiger partial charge in [0, 0.05) is 6.07 Å². The number of hydrogen-bond donors (Lipinski definition) is 1. The summed E-state index contributed by atoms with van der Waals surface area (Å²) in [5.74, 6) is 1.84. The molecule has 0 bridgehead atoms. The molecule has 16 heavy (non-hydrogen) atoms. The van der Waals surface area contributed by atoms with Gasteiger partial charge in [-0.2, -0.15) is 5.10 Å². The standard InChI is InChI=1S/C12H19N3O/c1-9-5-12(15-14-7-9)16-8-11-4-2-3-10(11)6-13/h5,7,10-11H,2-4,6,8,13H2,1H3. The molecule has 2 atom stereocenters. The van der Waals surface area contributed by atoms with Gasteiger partial charge < -0.3 is 10.5 Å². The predicted octanol–water partition coefficient (Wildman–Crippen LogP) is 1.54. The first-order valence-corrected chi connectivity index (χ1v) is 5.92. The maximum atomic E-state index is 5.73. The van der Waals surface area contributed by atoms with Gasteiger partial charge in [-0.15, -0.1) is 5.10 Å². The van der Waals surface area contributed by atoms with Crippen LogP contribution < -0.4 is 10.5 Å². The van der Waals surface area contributed by atoms with Crippen molar-refractivity contribution >= 4 is 0 Å². The molecule has 1 aromatic rings. The summed E-state index contributed by atoms with van der Waals surface area (Å²) >= 11 is 0. The van der Waals surface area contributed by atoms with E-state index in [9.17, 15) is 0 Å². The van der Waals surface area contributed by atoms with Gasteiger partial charge in [-0.25, -0.2) is 0 Å². The number of aryl methyl sites for hydroxylation is 1. The fraction of sp³-hybridized carbons (Fsp3) is 0.667. The van der Waals surface area contributed by atoms with Crippen LogP contribution in [0.15, 0.2) is 12.3 Å². The van der Waals surface area contributed by atoms with Crippen molar-refractivity contribution in [2.45, 2.75) is 26.2 Å². The third-order valence-electron chi connectivity index (χ3n) is 3.33. The molecule has 2 unspecified atom stereocenters. The molecule has 0 aliphatic heterocycles. The minimum absolute atomic E-state index is 0.590. The summed E-state index contributed by atoms with van der Waals surface area (Å²) in [7, 11) is 0. The fourth-order valence-electron chi connectivity index (χ4n) is 2.34. The normalized spacial score (nSPS) is 24.6. The smallest absolute Gasteiger partial charge is 0.233 e. The Kier molecular flexibility index (Phi) is 3.72. The van der Waals surface area contributed by atoms with Crippen molar-refractivity contribution in [2.75, 3.05) is 13.2 Å². The maximum absolute atomic E-state index is 5.73. The van der Waals surface area contributed by atoms with Crippen LogP contribution in [0.3, 0.4) is 0 Å². The summed E-state index contributed by atoms with van der Waals surface area (Å²) in [6.45, 7) is 3.48. The minimum atomic E-state index is 0.590. The molecular weight excluding hydrogens is 202 g/mol. The first-order chi connectivity index (χ1) is 7.79.